The molecule has 5 aromatic rings. The van der Waals surface area contributed by atoms with Crippen molar-refractivity contribution in [3.8, 4) is 33.6 Å². The van der Waals surface area contributed by atoms with Gasteiger partial charge >= 0.3 is 12.2 Å². The Labute approximate surface area is 293 Å². The molecule has 0 aliphatic carbocycles. The summed E-state index contributed by atoms with van der Waals surface area (Å²) in [5.41, 5.74) is 5.04. The Balaban J connectivity index is 1.11. The number of ether oxygens (including phenoxy) is 2. The van der Waals surface area contributed by atoms with Gasteiger partial charge in [-0.2, -0.15) is 0 Å². The number of fused-ring (bicyclic) bond motifs is 1. The first-order chi connectivity index (χ1) is 23.8. The average molecular weight is 675 g/mol. The summed E-state index contributed by atoms with van der Waals surface area (Å²) in [4.78, 5) is 45.8. The van der Waals surface area contributed by atoms with E-state index in [4.69, 9.17) is 14.5 Å². The van der Waals surface area contributed by atoms with Crippen molar-refractivity contribution >= 4 is 23.0 Å². The van der Waals surface area contributed by atoms with E-state index in [1.807, 2.05) is 53.9 Å². The highest BCUT2D eigenvalue weighted by Gasteiger charge is 2.36. The van der Waals surface area contributed by atoms with Crippen LogP contribution < -0.4 is 0 Å². The van der Waals surface area contributed by atoms with E-state index < -0.39 is 11.2 Å². The van der Waals surface area contributed by atoms with E-state index in [-0.39, 0.29) is 24.3 Å². The maximum absolute atomic E-state index is 12.9. The van der Waals surface area contributed by atoms with E-state index >= 15 is 0 Å². The Hall–Kier alpha value is -5.12. The summed E-state index contributed by atoms with van der Waals surface area (Å²) < 4.78 is 11.3. The van der Waals surface area contributed by atoms with Gasteiger partial charge in [-0.1, -0.05) is 60.7 Å². The molecule has 2 fully saturated rings. The van der Waals surface area contributed by atoms with E-state index in [1.54, 1.807) is 9.80 Å². The van der Waals surface area contributed by atoms with Gasteiger partial charge in [0.2, 0.25) is 0 Å². The number of rotatable bonds is 5. The molecule has 10 nitrogen and oxygen atoms in total. The first-order valence-corrected chi connectivity index (χ1v) is 17.6. The molecule has 2 saturated heterocycles. The number of carbonyl (C=O) groups is 2. The lowest BCUT2D eigenvalue weighted by molar-refractivity contribution is 0.0208. The second-order valence-corrected chi connectivity index (χ2v) is 15.3. The molecule has 0 unspecified atom stereocenters. The van der Waals surface area contributed by atoms with E-state index in [2.05, 4.69) is 75.6 Å². The Bertz CT molecular complexity index is 2020. The molecule has 2 amide bonds. The van der Waals surface area contributed by atoms with Gasteiger partial charge in [0.1, 0.15) is 22.9 Å². The number of nitrogens with zero attached hydrogens (tertiary/aromatic N) is 4. The number of H-pyrrole nitrogens is 2. The van der Waals surface area contributed by atoms with Crippen molar-refractivity contribution in [3.05, 3.63) is 84.7 Å². The SMILES string of the molecule is CC(C)(C)OC(=O)N1CCC[C@H]1c1ncc(-c2ccc(-c3cccc4c(-c5cnc([C@@H]6CCCN6C(=O)OC(C)(C)C)[nH]5)cccc34)cc2)[nH]1. The lowest BCUT2D eigenvalue weighted by Crippen LogP contribution is -2.36. The van der Waals surface area contributed by atoms with Gasteiger partial charge in [-0.05, 0) is 94.7 Å². The molecule has 10 heteroatoms. The van der Waals surface area contributed by atoms with Crippen LogP contribution in [0.3, 0.4) is 0 Å². The summed E-state index contributed by atoms with van der Waals surface area (Å²) >= 11 is 0. The molecule has 4 heterocycles. The first kappa shape index (κ1) is 33.4. The Morgan fingerprint density at radius 3 is 1.64 bits per heavy atom. The molecule has 2 aliphatic rings. The van der Waals surface area contributed by atoms with Gasteiger partial charge in [-0.25, -0.2) is 19.6 Å². The Kier molecular flexibility index (Phi) is 8.66. The molecule has 0 saturated carbocycles. The molecule has 0 bridgehead atoms. The van der Waals surface area contributed by atoms with Crippen molar-refractivity contribution in [2.75, 3.05) is 13.1 Å². The number of nitrogens with one attached hydrogen (secondary N) is 2. The van der Waals surface area contributed by atoms with Gasteiger partial charge in [-0.15, -0.1) is 0 Å². The minimum Gasteiger partial charge on any atom is -0.444 e. The predicted molar refractivity (Wildman–Crippen MR) is 194 cm³/mol. The normalized spacial score (nSPS) is 18.2. The number of aromatic amines is 2. The molecule has 3 aromatic carbocycles. The van der Waals surface area contributed by atoms with E-state index in [0.29, 0.717) is 13.1 Å². The van der Waals surface area contributed by atoms with Gasteiger partial charge in [0, 0.05) is 18.7 Å². The lowest BCUT2D eigenvalue weighted by Gasteiger charge is -2.27. The Morgan fingerprint density at radius 1 is 0.640 bits per heavy atom. The van der Waals surface area contributed by atoms with Gasteiger partial charge in [0.15, 0.2) is 0 Å². The summed E-state index contributed by atoms with van der Waals surface area (Å²) in [6.07, 6.45) is 6.62. The van der Waals surface area contributed by atoms with Crippen LogP contribution in [-0.4, -0.2) is 66.2 Å². The fourth-order valence-corrected chi connectivity index (χ4v) is 7.10. The number of likely N-dealkylation sites (tertiary alicyclic amines) is 2. The fourth-order valence-electron chi connectivity index (χ4n) is 7.10. The van der Waals surface area contributed by atoms with Crippen molar-refractivity contribution in [2.45, 2.75) is 90.5 Å². The topological polar surface area (TPSA) is 116 Å². The van der Waals surface area contributed by atoms with E-state index in [9.17, 15) is 9.59 Å². The summed E-state index contributed by atoms with van der Waals surface area (Å²) in [7, 11) is 0. The third kappa shape index (κ3) is 6.84. The molecule has 260 valence electrons. The maximum atomic E-state index is 12.9. The lowest BCUT2D eigenvalue weighted by atomic mass is 9.94. The van der Waals surface area contributed by atoms with Gasteiger partial charge < -0.3 is 19.4 Å². The highest BCUT2D eigenvalue weighted by Crippen LogP contribution is 2.38. The second kappa shape index (κ2) is 13.0. The van der Waals surface area contributed by atoms with Crippen LogP contribution in [0, 0.1) is 0 Å². The molecule has 2 aliphatic heterocycles. The molecule has 0 radical (unpaired) electrons. The van der Waals surface area contributed by atoms with Crippen LogP contribution >= 0.6 is 0 Å². The van der Waals surface area contributed by atoms with Crippen molar-refractivity contribution < 1.29 is 19.1 Å². The zero-order chi connectivity index (χ0) is 35.2. The average Bonchev–Trinajstić information content (AvgIpc) is 3.89. The Morgan fingerprint density at radius 2 is 1.10 bits per heavy atom. The molecule has 0 spiro atoms. The summed E-state index contributed by atoms with van der Waals surface area (Å²) in [6.45, 7) is 12.6. The van der Waals surface area contributed by atoms with Crippen LogP contribution in [0.1, 0.15) is 91.0 Å². The summed E-state index contributed by atoms with van der Waals surface area (Å²) in [5.74, 6) is 1.56. The molecule has 7 rings (SSSR count). The zero-order valence-corrected chi connectivity index (χ0v) is 29.7. The number of imidazole rings is 2. The first-order valence-electron chi connectivity index (χ1n) is 17.6. The molecule has 50 heavy (non-hydrogen) atoms. The minimum atomic E-state index is -0.551. The number of carbonyl (C=O) groups excluding carboxylic acids is 2. The molecular weight excluding hydrogens is 628 g/mol. The predicted octanol–water partition coefficient (Wildman–Crippen LogP) is 9.43. The van der Waals surface area contributed by atoms with Gasteiger partial charge in [0.25, 0.3) is 0 Å². The van der Waals surface area contributed by atoms with Crippen molar-refractivity contribution in [2.24, 2.45) is 0 Å². The summed E-state index contributed by atoms with van der Waals surface area (Å²) in [5, 5.41) is 2.25. The van der Waals surface area contributed by atoms with Crippen molar-refractivity contribution in [1.29, 1.82) is 0 Å². The van der Waals surface area contributed by atoms with E-state index in [0.717, 1.165) is 81.7 Å². The van der Waals surface area contributed by atoms with Crippen LogP contribution in [0.15, 0.2) is 73.1 Å². The highest BCUT2D eigenvalue weighted by atomic mass is 16.6. The fraction of sp³-hybridized carbons (Fsp3) is 0.400. The largest absolute Gasteiger partial charge is 0.444 e. The molecule has 2 aromatic heterocycles. The summed E-state index contributed by atoms with van der Waals surface area (Å²) in [6, 6.07) is 20.9. The van der Waals surface area contributed by atoms with Crippen molar-refractivity contribution in [3.63, 3.8) is 0 Å². The molecule has 2 N–H and O–H groups in total. The number of amides is 2. The third-order valence-corrected chi connectivity index (χ3v) is 9.30. The van der Waals surface area contributed by atoms with Gasteiger partial charge in [-0.3, -0.25) is 9.80 Å². The van der Waals surface area contributed by atoms with Crippen LogP contribution in [-0.2, 0) is 9.47 Å². The molecular formula is C40H46N6O4. The van der Waals surface area contributed by atoms with E-state index in [1.165, 1.54) is 0 Å². The standard InChI is InChI=1S/C40H46N6O4/c1-39(2,3)49-37(47)45-21-9-15-33(45)35-41-23-31(43-35)26-19-17-25(18-20-26)27-11-7-13-29-28(27)12-8-14-30(29)32-24-42-36(44-32)34-16-10-22-46(34)38(48)50-40(4,5)6/h7-8,11-14,17-20,23-24,33-34H,9-10,15-16,21-22H2,1-6H3,(H,41,43)(H,42,44)/t33-,34-/m0/s1. The number of hydrogen-bond acceptors (Lipinski definition) is 6. The van der Waals surface area contributed by atoms with Crippen LogP contribution in [0.2, 0.25) is 0 Å². The van der Waals surface area contributed by atoms with Gasteiger partial charge in [0.05, 0.1) is 35.9 Å². The zero-order valence-electron chi connectivity index (χ0n) is 29.7. The quantitative estimate of drug-likeness (QED) is 0.192. The number of hydrogen-bond donors (Lipinski definition) is 2. The highest BCUT2D eigenvalue weighted by molar-refractivity contribution is 6.04. The van der Waals surface area contributed by atoms with Crippen LogP contribution in [0.5, 0.6) is 0 Å². The van der Waals surface area contributed by atoms with Crippen LogP contribution in [0.4, 0.5) is 9.59 Å². The smallest absolute Gasteiger partial charge is 0.410 e. The molecule has 2 atom stereocenters. The minimum absolute atomic E-state index is 0.129. The van der Waals surface area contributed by atoms with Crippen LogP contribution in [0.25, 0.3) is 44.4 Å². The third-order valence-electron chi connectivity index (χ3n) is 9.30. The maximum Gasteiger partial charge on any atom is 0.410 e. The number of benzene rings is 3. The van der Waals surface area contributed by atoms with Crippen molar-refractivity contribution in [1.82, 2.24) is 29.7 Å². The second-order valence-electron chi connectivity index (χ2n) is 15.3. The number of aromatic nitrogens is 4. The monoisotopic (exact) mass is 674 g/mol.